The summed E-state index contributed by atoms with van der Waals surface area (Å²) in [6.07, 6.45) is 3.01. The highest BCUT2D eigenvalue weighted by atomic mass is 16.7. The van der Waals surface area contributed by atoms with Crippen molar-refractivity contribution >= 4 is 16.5 Å². The third kappa shape index (κ3) is 3.21. The number of ether oxygens (including phenoxy) is 5. The molecular formula is C26H29NO5. The molecule has 6 nitrogen and oxygen atoms in total. The molecule has 32 heavy (non-hydrogen) atoms. The molecule has 0 radical (unpaired) electrons. The van der Waals surface area contributed by atoms with Gasteiger partial charge in [-0.2, -0.15) is 0 Å². The lowest BCUT2D eigenvalue weighted by Crippen LogP contribution is -2.31. The fourth-order valence-corrected chi connectivity index (χ4v) is 4.78. The number of hydrogen-bond acceptors (Lipinski definition) is 6. The fourth-order valence-electron chi connectivity index (χ4n) is 4.78. The number of nitrogens with zero attached hydrogens (tertiary/aromatic N) is 1. The van der Waals surface area contributed by atoms with Crippen molar-refractivity contribution in [3.05, 3.63) is 42.0 Å². The molecular weight excluding hydrogens is 406 g/mol. The van der Waals surface area contributed by atoms with E-state index < -0.39 is 0 Å². The molecule has 2 aliphatic rings. The summed E-state index contributed by atoms with van der Waals surface area (Å²) in [7, 11) is 5.43. The number of unbranched alkanes of at least 4 members (excludes halogenated alkanes) is 2. The Morgan fingerprint density at radius 3 is 2.50 bits per heavy atom. The summed E-state index contributed by atoms with van der Waals surface area (Å²) in [6, 6.07) is 12.5. The molecule has 0 spiro atoms. The quantitative estimate of drug-likeness (QED) is 0.430. The fraction of sp³-hybridized carbons (Fsp3) is 0.385. The summed E-state index contributed by atoms with van der Waals surface area (Å²) in [4.78, 5) is 2.20. The Balaban J connectivity index is 1.71. The minimum Gasteiger partial charge on any atom is -0.493 e. The molecule has 0 saturated carbocycles. The molecule has 6 heteroatoms. The van der Waals surface area contributed by atoms with Crippen LogP contribution in [0.5, 0.6) is 23.0 Å². The zero-order valence-corrected chi connectivity index (χ0v) is 19.1. The average molecular weight is 436 g/mol. The summed E-state index contributed by atoms with van der Waals surface area (Å²) in [6.45, 7) is 3.13. The van der Waals surface area contributed by atoms with Gasteiger partial charge in [0.2, 0.25) is 6.79 Å². The topological polar surface area (TPSA) is 49.4 Å². The monoisotopic (exact) mass is 435 g/mol. The molecule has 3 aromatic carbocycles. The Kier molecular flexibility index (Phi) is 5.47. The lowest BCUT2D eigenvalue weighted by atomic mass is 9.88. The lowest BCUT2D eigenvalue weighted by Gasteiger charge is -2.39. The summed E-state index contributed by atoms with van der Waals surface area (Å²) in [5.41, 5.74) is 4.33. The van der Waals surface area contributed by atoms with Crippen LogP contribution in [0.25, 0.3) is 21.9 Å². The van der Waals surface area contributed by atoms with E-state index in [0.717, 1.165) is 63.9 Å². The number of fused-ring (bicyclic) bond motifs is 6. The highest BCUT2D eigenvalue weighted by Crippen LogP contribution is 2.53. The zero-order chi connectivity index (χ0) is 22.2. The van der Waals surface area contributed by atoms with E-state index in [1.54, 1.807) is 14.2 Å². The van der Waals surface area contributed by atoms with Crippen LogP contribution in [0.1, 0.15) is 38.0 Å². The lowest BCUT2D eigenvalue weighted by molar-refractivity contribution is 0.0486. The van der Waals surface area contributed by atoms with Crippen LogP contribution in [0, 0.1) is 0 Å². The second-order valence-electron chi connectivity index (χ2n) is 8.19. The van der Waals surface area contributed by atoms with Gasteiger partial charge in [-0.05, 0) is 41.6 Å². The van der Waals surface area contributed by atoms with Crippen LogP contribution >= 0.6 is 0 Å². The Hall–Kier alpha value is -3.12. The third-order valence-electron chi connectivity index (χ3n) is 6.33. The molecule has 2 aliphatic heterocycles. The van der Waals surface area contributed by atoms with Crippen molar-refractivity contribution in [1.29, 1.82) is 0 Å². The van der Waals surface area contributed by atoms with Crippen LogP contribution in [0.3, 0.4) is 0 Å². The maximum absolute atomic E-state index is 6.50. The summed E-state index contributed by atoms with van der Waals surface area (Å²) in [5.74, 6) is 2.98. The van der Waals surface area contributed by atoms with E-state index in [2.05, 4.69) is 43.1 Å². The molecule has 1 unspecified atom stereocenters. The van der Waals surface area contributed by atoms with Crippen molar-refractivity contribution < 1.29 is 23.7 Å². The largest absolute Gasteiger partial charge is 0.493 e. The van der Waals surface area contributed by atoms with Crippen molar-refractivity contribution in [2.75, 3.05) is 39.6 Å². The van der Waals surface area contributed by atoms with Gasteiger partial charge in [0.05, 0.1) is 25.5 Å². The van der Waals surface area contributed by atoms with Gasteiger partial charge in [0.1, 0.15) is 0 Å². The molecule has 2 heterocycles. The molecule has 0 aromatic heterocycles. The Morgan fingerprint density at radius 1 is 0.969 bits per heavy atom. The van der Waals surface area contributed by atoms with Crippen LogP contribution in [0.2, 0.25) is 0 Å². The first-order chi connectivity index (χ1) is 15.7. The number of anilines is 1. The maximum atomic E-state index is 6.50. The van der Waals surface area contributed by atoms with E-state index in [1.807, 2.05) is 12.1 Å². The predicted molar refractivity (Wildman–Crippen MR) is 125 cm³/mol. The third-order valence-corrected chi connectivity index (χ3v) is 6.33. The first-order valence-electron chi connectivity index (χ1n) is 11.1. The van der Waals surface area contributed by atoms with Gasteiger partial charge in [-0.25, -0.2) is 0 Å². The maximum Gasteiger partial charge on any atom is 0.231 e. The molecule has 5 rings (SSSR count). The zero-order valence-electron chi connectivity index (χ0n) is 19.1. The number of hydrogen-bond donors (Lipinski definition) is 0. The van der Waals surface area contributed by atoms with E-state index >= 15 is 0 Å². The number of benzene rings is 3. The molecule has 0 saturated heterocycles. The number of methoxy groups -OCH3 is 2. The first-order valence-corrected chi connectivity index (χ1v) is 11.1. The minimum absolute atomic E-state index is 0.257. The van der Waals surface area contributed by atoms with Crippen molar-refractivity contribution in [2.24, 2.45) is 0 Å². The van der Waals surface area contributed by atoms with E-state index in [0.29, 0.717) is 18.1 Å². The molecule has 168 valence electrons. The SMILES string of the molecule is CCCCCOC1c2c(ccc(OC)c2OC)-c2ccc3cc4c(cc3c2N1C)OCO4. The minimum atomic E-state index is -0.296. The average Bonchev–Trinajstić information content (AvgIpc) is 3.28. The van der Waals surface area contributed by atoms with E-state index in [-0.39, 0.29) is 13.0 Å². The van der Waals surface area contributed by atoms with E-state index in [9.17, 15) is 0 Å². The summed E-state index contributed by atoms with van der Waals surface area (Å²) >= 11 is 0. The molecule has 1 atom stereocenters. The van der Waals surface area contributed by atoms with Crippen molar-refractivity contribution in [1.82, 2.24) is 0 Å². The van der Waals surface area contributed by atoms with Crippen LogP contribution in [-0.4, -0.2) is 34.7 Å². The van der Waals surface area contributed by atoms with Gasteiger partial charge in [-0.15, -0.1) is 0 Å². The van der Waals surface area contributed by atoms with Gasteiger partial charge in [0, 0.05) is 24.6 Å². The first kappa shape index (κ1) is 20.8. The summed E-state index contributed by atoms with van der Waals surface area (Å²) < 4.78 is 29.2. The summed E-state index contributed by atoms with van der Waals surface area (Å²) in [5, 5.41) is 2.21. The van der Waals surface area contributed by atoms with Gasteiger partial charge in [-0.3, -0.25) is 0 Å². The second kappa shape index (κ2) is 8.43. The van der Waals surface area contributed by atoms with Crippen LogP contribution in [-0.2, 0) is 4.74 Å². The van der Waals surface area contributed by atoms with Crippen molar-refractivity contribution in [3.63, 3.8) is 0 Å². The van der Waals surface area contributed by atoms with Gasteiger partial charge in [0.15, 0.2) is 29.2 Å². The Labute approximate surface area is 188 Å². The molecule has 3 aromatic rings. The highest BCUT2D eigenvalue weighted by molar-refractivity contribution is 6.05. The van der Waals surface area contributed by atoms with E-state index in [1.165, 1.54) is 0 Å². The predicted octanol–water partition coefficient (Wildman–Crippen LogP) is 5.91. The Morgan fingerprint density at radius 2 is 1.75 bits per heavy atom. The van der Waals surface area contributed by atoms with E-state index in [4.69, 9.17) is 23.7 Å². The van der Waals surface area contributed by atoms with Gasteiger partial charge < -0.3 is 28.6 Å². The number of rotatable bonds is 7. The van der Waals surface area contributed by atoms with Crippen LogP contribution < -0.4 is 23.8 Å². The van der Waals surface area contributed by atoms with Gasteiger partial charge >= 0.3 is 0 Å². The van der Waals surface area contributed by atoms with Gasteiger partial charge in [0.25, 0.3) is 0 Å². The molecule has 0 aliphatic carbocycles. The molecule has 0 bridgehead atoms. The van der Waals surface area contributed by atoms with Crippen molar-refractivity contribution in [2.45, 2.75) is 32.4 Å². The van der Waals surface area contributed by atoms with Crippen LogP contribution in [0.4, 0.5) is 5.69 Å². The van der Waals surface area contributed by atoms with Crippen molar-refractivity contribution in [3.8, 4) is 34.1 Å². The highest BCUT2D eigenvalue weighted by Gasteiger charge is 2.35. The molecule has 0 fully saturated rings. The standard InChI is InChI=1S/C26H29NO5/c1-5-6-7-12-30-26-23-17(10-11-20(28-3)25(23)29-4)18-9-8-16-13-21-22(32-15-31-21)14-19(16)24(18)27(26)2/h8-11,13-14,26H,5-7,12,15H2,1-4H3. The molecule has 0 N–H and O–H groups in total. The molecule has 0 amide bonds. The van der Waals surface area contributed by atoms with Crippen LogP contribution in [0.15, 0.2) is 36.4 Å². The smallest absolute Gasteiger partial charge is 0.231 e. The normalized spacial score (nSPS) is 16.1. The van der Waals surface area contributed by atoms with Gasteiger partial charge in [-0.1, -0.05) is 31.9 Å². The second-order valence-corrected chi connectivity index (χ2v) is 8.19. The Bertz CT molecular complexity index is 1160.